The van der Waals surface area contributed by atoms with E-state index in [0.29, 0.717) is 37.0 Å². The van der Waals surface area contributed by atoms with Gasteiger partial charge >= 0.3 is 0 Å². The Bertz CT molecular complexity index is 1040. The Morgan fingerprint density at radius 3 is 2.31 bits per heavy atom. The number of para-hydroxylation sites is 1. The number of nitrogens with one attached hydrogen (secondary N) is 2. The van der Waals surface area contributed by atoms with E-state index in [4.69, 9.17) is 14.6 Å². The molecule has 2 aliphatic rings. The maximum absolute atomic E-state index is 13.9. The van der Waals surface area contributed by atoms with Crippen molar-refractivity contribution in [3.05, 3.63) is 53.5 Å². The summed E-state index contributed by atoms with van der Waals surface area (Å²) in [6.07, 6.45) is 5.55. The molecule has 1 saturated heterocycles. The van der Waals surface area contributed by atoms with Crippen LogP contribution in [-0.2, 0) is 0 Å². The number of pyridine rings is 1. The van der Waals surface area contributed by atoms with Crippen LogP contribution >= 0.6 is 11.8 Å². The predicted molar refractivity (Wildman–Crippen MR) is 135 cm³/mol. The van der Waals surface area contributed by atoms with Gasteiger partial charge in [0.05, 0.1) is 18.4 Å². The number of ether oxygens (including phenoxy) is 2. The second kappa shape index (κ2) is 12.9. The molecule has 36 heavy (non-hydrogen) atoms. The van der Waals surface area contributed by atoms with Crippen molar-refractivity contribution in [1.29, 1.82) is 0 Å². The number of rotatable bonds is 9. The molecule has 3 N–H and O–H groups in total. The van der Waals surface area contributed by atoms with Gasteiger partial charge in [-0.25, -0.2) is 9.37 Å². The normalized spacial score (nSPS) is 20.4. The highest BCUT2D eigenvalue weighted by atomic mass is 32.2. The first-order chi connectivity index (χ1) is 17.5. The largest absolute Gasteiger partial charge is 0.490 e. The van der Waals surface area contributed by atoms with E-state index in [-0.39, 0.29) is 48.8 Å². The number of hydrogen-bond acceptors (Lipinski definition) is 7. The van der Waals surface area contributed by atoms with Gasteiger partial charge in [-0.05, 0) is 68.2 Å². The maximum Gasteiger partial charge on any atom is 0.257 e. The van der Waals surface area contributed by atoms with Crippen molar-refractivity contribution in [2.75, 3.05) is 24.7 Å². The molecule has 2 aromatic rings. The van der Waals surface area contributed by atoms with Crippen molar-refractivity contribution in [3.63, 3.8) is 0 Å². The van der Waals surface area contributed by atoms with E-state index in [0.717, 1.165) is 30.5 Å². The fourth-order valence-electron chi connectivity index (χ4n) is 4.48. The molecular weight excluding hydrogens is 485 g/mol. The highest BCUT2D eigenvalue weighted by molar-refractivity contribution is 7.99. The fourth-order valence-corrected chi connectivity index (χ4v) is 5.54. The molecule has 4 rings (SSSR count). The Balaban J connectivity index is 1.30. The lowest BCUT2D eigenvalue weighted by Crippen LogP contribution is -2.44. The zero-order valence-electron chi connectivity index (χ0n) is 20.1. The minimum absolute atomic E-state index is 0.0195. The Labute approximate surface area is 214 Å². The van der Waals surface area contributed by atoms with Crippen LogP contribution in [0.15, 0.2) is 36.5 Å². The van der Waals surface area contributed by atoms with Gasteiger partial charge in [-0.3, -0.25) is 9.59 Å². The van der Waals surface area contributed by atoms with Gasteiger partial charge in [-0.2, -0.15) is 11.8 Å². The summed E-state index contributed by atoms with van der Waals surface area (Å²) in [4.78, 5) is 29.8. The van der Waals surface area contributed by atoms with Crippen LogP contribution in [0.5, 0.6) is 11.6 Å². The summed E-state index contributed by atoms with van der Waals surface area (Å²) in [6.45, 7) is -0.0207. The van der Waals surface area contributed by atoms with Crippen LogP contribution < -0.4 is 20.1 Å². The molecule has 0 bridgehead atoms. The van der Waals surface area contributed by atoms with E-state index in [2.05, 4.69) is 15.6 Å². The third-order valence-corrected chi connectivity index (χ3v) is 7.44. The molecule has 10 heteroatoms. The first kappa shape index (κ1) is 26.2. The quantitative estimate of drug-likeness (QED) is 0.468. The van der Waals surface area contributed by atoms with Gasteiger partial charge < -0.3 is 25.2 Å². The third-order valence-electron chi connectivity index (χ3n) is 6.39. The molecule has 1 aliphatic carbocycles. The Morgan fingerprint density at radius 2 is 1.64 bits per heavy atom. The molecule has 0 atom stereocenters. The Hall–Kier alpha value is -2.85. The van der Waals surface area contributed by atoms with E-state index < -0.39 is 11.7 Å². The summed E-state index contributed by atoms with van der Waals surface area (Å²) >= 11 is 1.87. The van der Waals surface area contributed by atoms with Crippen LogP contribution in [0.3, 0.4) is 0 Å². The van der Waals surface area contributed by atoms with Crippen molar-refractivity contribution >= 4 is 23.6 Å². The molecular formula is C26H32FN3O5S. The number of carbonyl (C=O) groups excluding carboxylic acids is 2. The molecule has 1 aliphatic heterocycles. The van der Waals surface area contributed by atoms with Gasteiger partial charge in [0, 0.05) is 12.1 Å². The molecule has 2 heterocycles. The SMILES string of the molecule is O=C(N[C@H]1CC[C@@H](NC(=O)c2cc(F)cnc2OC2CCSCC2)CC1)c1ccccc1OCCO. The van der Waals surface area contributed by atoms with Gasteiger partial charge in [0.15, 0.2) is 0 Å². The summed E-state index contributed by atoms with van der Waals surface area (Å²) in [6, 6.07) is 7.98. The van der Waals surface area contributed by atoms with E-state index in [1.165, 1.54) is 6.07 Å². The van der Waals surface area contributed by atoms with Gasteiger partial charge in [0.1, 0.15) is 29.8 Å². The number of carbonyl (C=O) groups is 2. The minimum atomic E-state index is -0.582. The second-order valence-electron chi connectivity index (χ2n) is 9.00. The second-order valence-corrected chi connectivity index (χ2v) is 10.2. The number of aliphatic hydroxyl groups is 1. The van der Waals surface area contributed by atoms with Crippen LogP contribution in [-0.4, -0.2) is 64.8 Å². The number of hydrogen-bond donors (Lipinski definition) is 3. The topological polar surface area (TPSA) is 110 Å². The molecule has 2 fully saturated rings. The Morgan fingerprint density at radius 1 is 1.00 bits per heavy atom. The summed E-state index contributed by atoms with van der Waals surface area (Å²) in [5.41, 5.74) is 0.534. The van der Waals surface area contributed by atoms with Gasteiger partial charge in [-0.15, -0.1) is 0 Å². The summed E-state index contributed by atoms with van der Waals surface area (Å²) in [7, 11) is 0. The lowest BCUT2D eigenvalue weighted by atomic mass is 9.90. The van der Waals surface area contributed by atoms with Crippen LogP contribution in [0.2, 0.25) is 0 Å². The molecule has 1 aromatic carbocycles. The highest BCUT2D eigenvalue weighted by Gasteiger charge is 2.27. The lowest BCUT2D eigenvalue weighted by molar-refractivity contribution is 0.0883. The monoisotopic (exact) mass is 517 g/mol. The molecule has 1 saturated carbocycles. The standard InChI is InChI=1S/C26H32FN3O5S/c27-17-15-22(26(28-16-17)35-20-9-13-36-14-10-20)25(33)30-19-7-5-18(6-8-19)29-24(32)21-3-1-2-4-23(21)34-12-11-31/h1-4,15-16,18-20,31H,5-14H2,(H,29,32)(H,30,33)/t18-,19+. The van der Waals surface area contributed by atoms with E-state index in [1.807, 2.05) is 11.8 Å². The summed E-state index contributed by atoms with van der Waals surface area (Å²) in [5.74, 6) is 1.38. The minimum Gasteiger partial charge on any atom is -0.490 e. The van der Waals surface area contributed by atoms with E-state index >= 15 is 0 Å². The molecule has 194 valence electrons. The number of benzene rings is 1. The number of aromatic nitrogens is 1. The number of aliphatic hydroxyl groups excluding tert-OH is 1. The maximum atomic E-state index is 13.9. The first-order valence-corrected chi connectivity index (χ1v) is 13.5. The number of nitrogens with zero attached hydrogens (tertiary/aromatic N) is 1. The Kier molecular flexibility index (Phi) is 9.41. The molecule has 0 spiro atoms. The van der Waals surface area contributed by atoms with Crippen molar-refractivity contribution in [2.24, 2.45) is 0 Å². The molecule has 1 aromatic heterocycles. The van der Waals surface area contributed by atoms with Crippen LogP contribution in [0, 0.1) is 5.82 Å². The van der Waals surface area contributed by atoms with Crippen molar-refractivity contribution in [3.8, 4) is 11.6 Å². The van der Waals surface area contributed by atoms with Gasteiger partial charge in [0.2, 0.25) is 5.88 Å². The lowest BCUT2D eigenvalue weighted by Gasteiger charge is -2.30. The van der Waals surface area contributed by atoms with Crippen LogP contribution in [0.1, 0.15) is 59.2 Å². The molecule has 0 radical (unpaired) electrons. The number of amides is 2. The highest BCUT2D eigenvalue weighted by Crippen LogP contribution is 2.26. The van der Waals surface area contributed by atoms with Gasteiger partial charge in [-0.1, -0.05) is 12.1 Å². The van der Waals surface area contributed by atoms with Crippen LogP contribution in [0.4, 0.5) is 4.39 Å². The van der Waals surface area contributed by atoms with Crippen molar-refractivity contribution in [2.45, 2.75) is 56.7 Å². The van der Waals surface area contributed by atoms with E-state index in [1.54, 1.807) is 24.3 Å². The van der Waals surface area contributed by atoms with Crippen LogP contribution in [0.25, 0.3) is 0 Å². The summed E-state index contributed by atoms with van der Waals surface area (Å²) < 4.78 is 25.3. The zero-order chi connectivity index (χ0) is 25.3. The smallest absolute Gasteiger partial charge is 0.257 e. The zero-order valence-corrected chi connectivity index (χ0v) is 20.9. The van der Waals surface area contributed by atoms with E-state index in [9.17, 15) is 14.0 Å². The first-order valence-electron chi connectivity index (χ1n) is 12.4. The van der Waals surface area contributed by atoms with Crippen molar-refractivity contribution < 1.29 is 28.6 Å². The average Bonchev–Trinajstić information content (AvgIpc) is 2.90. The summed E-state index contributed by atoms with van der Waals surface area (Å²) in [5, 5.41) is 15.0. The molecule has 2 amide bonds. The molecule has 8 nitrogen and oxygen atoms in total. The van der Waals surface area contributed by atoms with Gasteiger partial charge in [0.25, 0.3) is 11.8 Å². The molecule has 0 unspecified atom stereocenters. The predicted octanol–water partition coefficient (Wildman–Crippen LogP) is 3.34. The third kappa shape index (κ3) is 7.10. The number of halogens is 1. The average molecular weight is 518 g/mol. The number of thioether (sulfide) groups is 1. The fraction of sp³-hybridized carbons (Fsp3) is 0.500. The van der Waals surface area contributed by atoms with Crippen molar-refractivity contribution in [1.82, 2.24) is 15.6 Å².